The minimum atomic E-state index is 0.560. The van der Waals surface area contributed by atoms with Crippen molar-refractivity contribution in [2.45, 2.75) is 0 Å². The molecule has 0 N–H and O–H groups in total. The normalized spacial score (nSPS) is 11.6. The standard InChI is InChI=1S/C51H33N5/c1-5-18-34(19-6-1)38-26-17-27-39(32-38)55-44-30-15-13-28-40(44)43-33-42(35-20-7-2-8-21-35)46-41-29-14-16-31-45(41)56(48(46)47(43)55)51-53-49(36-22-9-3-10-23-36)52-50(54-51)37-24-11-4-12-25-37/h1-33H. The maximum absolute atomic E-state index is 5.32. The summed E-state index contributed by atoms with van der Waals surface area (Å²) in [6.45, 7) is 0. The summed E-state index contributed by atoms with van der Waals surface area (Å²) in [6.07, 6.45) is 0. The monoisotopic (exact) mass is 715 g/mol. The van der Waals surface area contributed by atoms with Gasteiger partial charge in [0.25, 0.3) is 0 Å². The zero-order valence-electron chi connectivity index (χ0n) is 30.3. The predicted molar refractivity (Wildman–Crippen MR) is 230 cm³/mol. The summed E-state index contributed by atoms with van der Waals surface area (Å²) in [5.74, 6) is 1.80. The van der Waals surface area contributed by atoms with Crippen molar-refractivity contribution in [2.75, 3.05) is 0 Å². The van der Waals surface area contributed by atoms with E-state index in [-0.39, 0.29) is 0 Å². The highest BCUT2D eigenvalue weighted by molar-refractivity contribution is 6.28. The average Bonchev–Trinajstić information content (AvgIpc) is 3.81. The van der Waals surface area contributed by atoms with Crippen LogP contribution in [-0.2, 0) is 0 Å². The number of fused-ring (bicyclic) bond motifs is 7. The average molecular weight is 716 g/mol. The van der Waals surface area contributed by atoms with Crippen LogP contribution in [0.5, 0.6) is 0 Å². The van der Waals surface area contributed by atoms with Gasteiger partial charge in [0.2, 0.25) is 5.95 Å². The predicted octanol–water partition coefficient (Wildman–Crippen LogP) is 12.7. The topological polar surface area (TPSA) is 48.5 Å². The van der Waals surface area contributed by atoms with Gasteiger partial charge < -0.3 is 4.57 Å². The lowest BCUT2D eigenvalue weighted by molar-refractivity contribution is 0.953. The number of aromatic nitrogens is 5. The van der Waals surface area contributed by atoms with Crippen LogP contribution in [0.1, 0.15) is 0 Å². The molecule has 0 amide bonds. The second kappa shape index (κ2) is 13.0. The van der Waals surface area contributed by atoms with Crippen molar-refractivity contribution in [3.05, 3.63) is 200 Å². The fraction of sp³-hybridized carbons (Fsp3) is 0. The number of para-hydroxylation sites is 2. The second-order valence-corrected chi connectivity index (χ2v) is 14.0. The highest BCUT2D eigenvalue weighted by atomic mass is 15.2. The van der Waals surface area contributed by atoms with Crippen molar-refractivity contribution in [1.29, 1.82) is 0 Å². The molecule has 262 valence electrons. The molecule has 8 aromatic carbocycles. The Balaban J connectivity index is 1.34. The van der Waals surface area contributed by atoms with Gasteiger partial charge in [-0.25, -0.2) is 4.98 Å². The Hall–Kier alpha value is -7.63. The molecule has 5 heteroatoms. The Morgan fingerprint density at radius 1 is 0.321 bits per heavy atom. The van der Waals surface area contributed by atoms with E-state index >= 15 is 0 Å². The van der Waals surface area contributed by atoms with Crippen molar-refractivity contribution in [3.63, 3.8) is 0 Å². The van der Waals surface area contributed by atoms with Gasteiger partial charge in [-0.15, -0.1) is 0 Å². The third kappa shape index (κ3) is 5.13. The molecule has 0 saturated heterocycles. The van der Waals surface area contributed by atoms with Crippen LogP contribution in [0.3, 0.4) is 0 Å². The van der Waals surface area contributed by atoms with Gasteiger partial charge in [-0.3, -0.25) is 4.57 Å². The SMILES string of the molecule is c1ccc(-c2cccc(-n3c4ccccc4c4cc(-c5ccccc5)c5c6ccccc6n(-c6nc(-c7ccccc7)nc(-c7ccccc7)n6)c5c43)c2)cc1. The third-order valence-electron chi connectivity index (χ3n) is 10.8. The molecule has 56 heavy (non-hydrogen) atoms. The summed E-state index contributed by atoms with van der Waals surface area (Å²) < 4.78 is 4.71. The molecule has 0 aliphatic carbocycles. The van der Waals surface area contributed by atoms with Gasteiger partial charge in [0.05, 0.1) is 22.1 Å². The van der Waals surface area contributed by atoms with Gasteiger partial charge in [-0.05, 0) is 52.6 Å². The molecule has 0 radical (unpaired) electrons. The fourth-order valence-electron chi connectivity index (χ4n) is 8.27. The van der Waals surface area contributed by atoms with Crippen LogP contribution in [0, 0.1) is 0 Å². The fourth-order valence-corrected chi connectivity index (χ4v) is 8.27. The van der Waals surface area contributed by atoms with Crippen LogP contribution < -0.4 is 0 Å². The van der Waals surface area contributed by atoms with Crippen LogP contribution in [0.25, 0.3) is 100 Å². The molecule has 0 unspecified atom stereocenters. The molecule has 11 rings (SSSR count). The van der Waals surface area contributed by atoms with E-state index < -0.39 is 0 Å². The Bertz CT molecular complexity index is 3160. The first-order valence-electron chi connectivity index (χ1n) is 18.9. The van der Waals surface area contributed by atoms with E-state index in [1.807, 2.05) is 36.4 Å². The van der Waals surface area contributed by atoms with Gasteiger partial charge in [0.1, 0.15) is 0 Å². The Labute approximate surface area is 323 Å². The molecule has 0 atom stereocenters. The van der Waals surface area contributed by atoms with Crippen LogP contribution in [0.15, 0.2) is 200 Å². The quantitative estimate of drug-likeness (QED) is 0.172. The van der Waals surface area contributed by atoms with Crippen LogP contribution in [0.2, 0.25) is 0 Å². The molecule has 0 aliphatic rings. The van der Waals surface area contributed by atoms with Crippen LogP contribution in [-0.4, -0.2) is 24.1 Å². The maximum atomic E-state index is 5.32. The maximum Gasteiger partial charge on any atom is 0.238 e. The van der Waals surface area contributed by atoms with E-state index in [1.165, 1.54) is 10.9 Å². The van der Waals surface area contributed by atoms with E-state index in [2.05, 4.69) is 173 Å². The molecule has 0 aliphatic heterocycles. The van der Waals surface area contributed by atoms with Crippen molar-refractivity contribution in [1.82, 2.24) is 24.1 Å². The number of hydrogen-bond donors (Lipinski definition) is 0. The molecular weight excluding hydrogens is 683 g/mol. The van der Waals surface area contributed by atoms with Crippen molar-refractivity contribution in [2.24, 2.45) is 0 Å². The van der Waals surface area contributed by atoms with Gasteiger partial charge in [-0.1, -0.05) is 170 Å². The number of benzene rings is 8. The smallest absolute Gasteiger partial charge is 0.238 e. The van der Waals surface area contributed by atoms with Crippen molar-refractivity contribution >= 4 is 43.6 Å². The molecule has 0 spiro atoms. The lowest BCUT2D eigenvalue weighted by Gasteiger charge is -2.15. The second-order valence-electron chi connectivity index (χ2n) is 14.0. The van der Waals surface area contributed by atoms with E-state index in [4.69, 9.17) is 15.0 Å². The van der Waals surface area contributed by atoms with Crippen molar-refractivity contribution < 1.29 is 0 Å². The zero-order valence-corrected chi connectivity index (χ0v) is 30.3. The van der Waals surface area contributed by atoms with Crippen LogP contribution in [0.4, 0.5) is 0 Å². The Morgan fingerprint density at radius 2 is 0.821 bits per heavy atom. The molecular formula is C51H33N5. The number of rotatable bonds is 6. The number of nitrogens with zero attached hydrogens (tertiary/aromatic N) is 5. The first-order valence-corrected chi connectivity index (χ1v) is 18.9. The van der Waals surface area contributed by atoms with Gasteiger partial charge in [0, 0.05) is 38.4 Å². The number of hydrogen-bond acceptors (Lipinski definition) is 3. The summed E-state index contributed by atoms with van der Waals surface area (Å²) in [7, 11) is 0. The Kier molecular flexibility index (Phi) is 7.42. The molecule has 0 fully saturated rings. The first-order chi connectivity index (χ1) is 27.8. The van der Waals surface area contributed by atoms with E-state index in [1.54, 1.807) is 0 Å². The molecule has 5 nitrogen and oxygen atoms in total. The van der Waals surface area contributed by atoms with E-state index in [9.17, 15) is 0 Å². The largest absolute Gasteiger partial charge is 0.307 e. The molecule has 3 heterocycles. The minimum Gasteiger partial charge on any atom is -0.307 e. The third-order valence-corrected chi connectivity index (χ3v) is 10.8. The molecule has 0 saturated carbocycles. The Morgan fingerprint density at radius 3 is 1.45 bits per heavy atom. The molecule has 11 aromatic rings. The first kappa shape index (κ1) is 31.9. The summed E-state index contributed by atoms with van der Waals surface area (Å²) in [4.78, 5) is 15.7. The highest BCUT2D eigenvalue weighted by Gasteiger charge is 2.26. The molecule has 3 aromatic heterocycles. The highest BCUT2D eigenvalue weighted by Crippen LogP contribution is 2.46. The summed E-state index contributed by atoms with van der Waals surface area (Å²) >= 11 is 0. The van der Waals surface area contributed by atoms with Gasteiger partial charge in [-0.2, -0.15) is 9.97 Å². The summed E-state index contributed by atoms with van der Waals surface area (Å²) in [5.41, 5.74) is 11.8. The van der Waals surface area contributed by atoms with E-state index in [0.29, 0.717) is 17.6 Å². The van der Waals surface area contributed by atoms with Gasteiger partial charge in [0.15, 0.2) is 11.6 Å². The minimum absolute atomic E-state index is 0.560. The van der Waals surface area contributed by atoms with Crippen molar-refractivity contribution in [3.8, 4) is 56.7 Å². The summed E-state index contributed by atoms with van der Waals surface area (Å²) in [5, 5.41) is 4.60. The zero-order chi connectivity index (χ0) is 37.0. The summed E-state index contributed by atoms with van der Waals surface area (Å²) in [6, 6.07) is 70.3. The molecule has 0 bridgehead atoms. The lowest BCUT2D eigenvalue weighted by Crippen LogP contribution is -2.07. The van der Waals surface area contributed by atoms with Crippen LogP contribution >= 0.6 is 0 Å². The van der Waals surface area contributed by atoms with Gasteiger partial charge >= 0.3 is 0 Å². The lowest BCUT2D eigenvalue weighted by atomic mass is 9.96. The van der Waals surface area contributed by atoms with E-state index in [0.717, 1.165) is 71.7 Å².